The molecule has 0 amide bonds. The van der Waals surface area contributed by atoms with Crippen LogP contribution in [-0.2, 0) is 9.53 Å². The van der Waals surface area contributed by atoms with E-state index in [0.29, 0.717) is 0 Å². The topological polar surface area (TPSA) is 63.7 Å². The van der Waals surface area contributed by atoms with Crippen molar-refractivity contribution in [2.75, 3.05) is 7.11 Å². The van der Waals surface area contributed by atoms with Crippen molar-refractivity contribution in [3.8, 4) is 5.75 Å². The van der Waals surface area contributed by atoms with E-state index in [9.17, 15) is 4.79 Å². The molecule has 0 spiro atoms. The summed E-state index contributed by atoms with van der Waals surface area (Å²) in [4.78, 5) is 22.8. The number of H-pyrrole nitrogens is 1. The summed E-state index contributed by atoms with van der Waals surface area (Å²) in [6.07, 6.45) is 1.98. The molecule has 0 aliphatic carbocycles. The zero-order valence-electron chi connectivity index (χ0n) is 23.3. The number of nitrogens with zero attached hydrogens (tertiary/aromatic N) is 1. The Morgan fingerprint density at radius 1 is 0.775 bits per heavy atom. The molecule has 0 unspecified atom stereocenters. The number of ether oxygens (including phenoxy) is 2. The van der Waals surface area contributed by atoms with Crippen LogP contribution in [0.25, 0.3) is 10.9 Å². The van der Waals surface area contributed by atoms with Gasteiger partial charge >= 0.3 is 5.97 Å². The van der Waals surface area contributed by atoms with E-state index >= 15 is 0 Å². The third kappa shape index (κ3) is 5.99. The van der Waals surface area contributed by atoms with Gasteiger partial charge in [0.2, 0.25) is 0 Å². The number of aromatic amines is 1. The summed E-state index contributed by atoms with van der Waals surface area (Å²) >= 11 is 0. The van der Waals surface area contributed by atoms with Gasteiger partial charge in [0.25, 0.3) is 0 Å². The van der Waals surface area contributed by atoms with Gasteiger partial charge in [-0.05, 0) is 50.1 Å². The third-order valence-corrected chi connectivity index (χ3v) is 6.76. The first-order valence-corrected chi connectivity index (χ1v) is 13.5. The fourth-order valence-electron chi connectivity index (χ4n) is 4.97. The predicted octanol–water partition coefficient (Wildman–Crippen LogP) is 7.56. The maximum absolute atomic E-state index is 14.2. The second-order valence-corrected chi connectivity index (χ2v) is 10.7. The van der Waals surface area contributed by atoms with Crippen LogP contribution in [0, 0.1) is 0 Å². The van der Waals surface area contributed by atoms with Crippen LogP contribution in [0.15, 0.2) is 120 Å². The van der Waals surface area contributed by atoms with E-state index in [1.807, 2.05) is 130 Å². The number of fused-ring (bicyclic) bond motifs is 1. The molecule has 202 valence electrons. The number of esters is 1. The van der Waals surface area contributed by atoms with E-state index in [1.165, 1.54) is 0 Å². The molecule has 1 aromatic heterocycles. The Morgan fingerprint density at radius 3 is 1.93 bits per heavy atom. The van der Waals surface area contributed by atoms with E-state index in [-0.39, 0.29) is 5.97 Å². The lowest BCUT2D eigenvalue weighted by Gasteiger charge is -2.28. The zero-order chi connectivity index (χ0) is 28.1. The molecular weight excluding hydrogens is 496 g/mol. The van der Waals surface area contributed by atoms with Crippen molar-refractivity contribution in [3.05, 3.63) is 138 Å². The molecule has 0 saturated heterocycles. The van der Waals surface area contributed by atoms with Crippen molar-refractivity contribution in [2.45, 2.75) is 38.3 Å². The van der Waals surface area contributed by atoms with Crippen LogP contribution < -0.4 is 4.74 Å². The lowest BCUT2D eigenvalue weighted by Crippen LogP contribution is -2.36. The Morgan fingerprint density at radius 2 is 1.35 bits per heavy atom. The molecule has 0 fully saturated rings. The summed E-state index contributed by atoms with van der Waals surface area (Å²) in [6.45, 7) is 5.65. The van der Waals surface area contributed by atoms with E-state index in [2.05, 4.69) is 11.1 Å². The number of benzene rings is 4. The van der Waals surface area contributed by atoms with Gasteiger partial charge in [0.05, 0.1) is 12.8 Å². The highest BCUT2D eigenvalue weighted by Gasteiger charge is 2.36. The molecule has 1 N–H and O–H groups in total. The summed E-state index contributed by atoms with van der Waals surface area (Å²) in [6, 6.07) is 35.1. The second-order valence-electron chi connectivity index (χ2n) is 10.7. The van der Waals surface area contributed by atoms with Gasteiger partial charge in [-0.3, -0.25) is 4.99 Å². The monoisotopic (exact) mass is 530 g/mol. The molecule has 40 heavy (non-hydrogen) atoms. The third-order valence-electron chi connectivity index (χ3n) is 6.76. The number of hydrogen-bond acceptors (Lipinski definition) is 4. The predicted molar refractivity (Wildman–Crippen MR) is 161 cm³/mol. The SMILES string of the molecule is COc1ccc([C@@H](c2c[nH]c3ccccc23)[C@H](N=C(c2ccccc2)c2ccccc2)C(=O)OC(C)(C)C)cc1. The highest BCUT2D eigenvalue weighted by Crippen LogP contribution is 2.37. The lowest BCUT2D eigenvalue weighted by molar-refractivity contribution is -0.156. The first-order chi connectivity index (χ1) is 19.3. The quantitative estimate of drug-likeness (QED) is 0.166. The van der Waals surface area contributed by atoms with Crippen LogP contribution in [0.3, 0.4) is 0 Å². The fourth-order valence-corrected chi connectivity index (χ4v) is 4.97. The molecular formula is C35H34N2O3. The first kappa shape index (κ1) is 26.9. The molecule has 0 bridgehead atoms. The summed E-state index contributed by atoms with van der Waals surface area (Å²) < 4.78 is 11.5. The molecule has 0 aliphatic heterocycles. The number of para-hydroxylation sites is 1. The molecule has 5 heteroatoms. The normalized spacial score (nSPS) is 12.9. The number of carbonyl (C=O) groups excluding carboxylic acids is 1. The van der Waals surface area contributed by atoms with Crippen molar-refractivity contribution in [1.29, 1.82) is 0 Å². The Kier molecular flexibility index (Phi) is 7.83. The zero-order valence-corrected chi connectivity index (χ0v) is 23.3. The fraction of sp³-hybridized carbons (Fsp3) is 0.200. The molecule has 5 nitrogen and oxygen atoms in total. The molecule has 0 aliphatic rings. The number of hydrogen-bond donors (Lipinski definition) is 1. The van der Waals surface area contributed by atoms with Crippen molar-refractivity contribution in [3.63, 3.8) is 0 Å². The van der Waals surface area contributed by atoms with Crippen molar-refractivity contribution < 1.29 is 14.3 Å². The van der Waals surface area contributed by atoms with Gasteiger partial charge in [0, 0.05) is 34.1 Å². The molecule has 2 atom stereocenters. The van der Waals surface area contributed by atoms with Gasteiger partial charge in [0.1, 0.15) is 11.4 Å². The average molecular weight is 531 g/mol. The van der Waals surface area contributed by atoms with E-state index in [1.54, 1.807) is 7.11 Å². The maximum atomic E-state index is 14.2. The molecule has 4 aromatic carbocycles. The molecule has 1 heterocycles. The van der Waals surface area contributed by atoms with Crippen LogP contribution in [0.4, 0.5) is 0 Å². The lowest BCUT2D eigenvalue weighted by atomic mass is 9.84. The van der Waals surface area contributed by atoms with Crippen LogP contribution in [0.5, 0.6) is 5.75 Å². The van der Waals surface area contributed by atoms with Crippen LogP contribution >= 0.6 is 0 Å². The highest BCUT2D eigenvalue weighted by atomic mass is 16.6. The summed E-state index contributed by atoms with van der Waals surface area (Å²) in [5.74, 6) is -0.0738. The van der Waals surface area contributed by atoms with Crippen LogP contribution in [0.1, 0.15) is 48.9 Å². The van der Waals surface area contributed by atoms with E-state index < -0.39 is 17.6 Å². The van der Waals surface area contributed by atoms with Crippen molar-refractivity contribution >= 4 is 22.6 Å². The van der Waals surface area contributed by atoms with Gasteiger partial charge < -0.3 is 14.5 Å². The number of rotatable bonds is 8. The van der Waals surface area contributed by atoms with Gasteiger partial charge in [-0.25, -0.2) is 4.79 Å². The number of carbonyl (C=O) groups is 1. The van der Waals surface area contributed by atoms with Crippen LogP contribution in [0.2, 0.25) is 0 Å². The van der Waals surface area contributed by atoms with Gasteiger partial charge in [-0.1, -0.05) is 91.0 Å². The molecule has 0 saturated carbocycles. The minimum Gasteiger partial charge on any atom is -0.497 e. The Bertz CT molecular complexity index is 1560. The summed E-state index contributed by atoms with van der Waals surface area (Å²) in [5.41, 5.74) is 4.80. The smallest absolute Gasteiger partial charge is 0.332 e. The van der Waals surface area contributed by atoms with E-state index in [0.717, 1.165) is 44.6 Å². The summed E-state index contributed by atoms with van der Waals surface area (Å²) in [5, 5.41) is 1.04. The number of aliphatic imine (C=N–C) groups is 1. The Labute approximate surface area is 235 Å². The van der Waals surface area contributed by atoms with Crippen LogP contribution in [-0.4, -0.2) is 35.4 Å². The average Bonchev–Trinajstić information content (AvgIpc) is 3.39. The molecule has 5 aromatic rings. The standard InChI is InChI=1S/C35H34N2O3/c1-35(2,3)40-34(38)33(37-32(25-13-7-5-8-14-25)26-15-9-6-10-16-26)31(24-19-21-27(39-4)22-20-24)29-23-36-30-18-12-11-17-28(29)30/h5-23,31,33,36H,1-4H3/t31-,33-/m0/s1. The summed E-state index contributed by atoms with van der Waals surface area (Å²) in [7, 11) is 1.64. The largest absolute Gasteiger partial charge is 0.497 e. The minimum atomic E-state index is -0.873. The Hall–Kier alpha value is -4.64. The molecule has 5 rings (SSSR count). The number of aromatic nitrogens is 1. The van der Waals surface area contributed by atoms with E-state index in [4.69, 9.17) is 14.5 Å². The van der Waals surface area contributed by atoms with Crippen molar-refractivity contribution in [1.82, 2.24) is 4.98 Å². The highest BCUT2D eigenvalue weighted by molar-refractivity contribution is 6.13. The Balaban J connectivity index is 1.77. The van der Waals surface area contributed by atoms with Crippen molar-refractivity contribution in [2.24, 2.45) is 4.99 Å². The van der Waals surface area contributed by atoms with Gasteiger partial charge in [-0.2, -0.15) is 0 Å². The second kappa shape index (κ2) is 11.6. The maximum Gasteiger partial charge on any atom is 0.332 e. The number of nitrogens with one attached hydrogen (secondary N) is 1. The molecule has 0 radical (unpaired) electrons. The first-order valence-electron chi connectivity index (χ1n) is 13.5. The van der Waals surface area contributed by atoms with Gasteiger partial charge in [0.15, 0.2) is 6.04 Å². The minimum absolute atomic E-state index is 0.386. The van der Waals surface area contributed by atoms with Gasteiger partial charge in [-0.15, -0.1) is 0 Å². The number of methoxy groups -OCH3 is 1.